The summed E-state index contributed by atoms with van der Waals surface area (Å²) in [6, 6.07) is 4.84. The van der Waals surface area contributed by atoms with Crippen molar-refractivity contribution in [1.82, 2.24) is 0 Å². The van der Waals surface area contributed by atoms with Gasteiger partial charge >= 0.3 is 0 Å². The Balaban J connectivity index is 2.65. The fraction of sp³-hybridized carbons (Fsp3) is 0.300. The van der Waals surface area contributed by atoms with Crippen LogP contribution in [0.25, 0.3) is 0 Å². The molecule has 0 saturated carbocycles. The molecule has 70 valence electrons. The number of aldehydes is 1. The van der Waals surface area contributed by atoms with Crippen LogP contribution in [0.5, 0.6) is 11.5 Å². The molecule has 0 fully saturated rings. The first-order valence-corrected chi connectivity index (χ1v) is 4.19. The van der Waals surface area contributed by atoms with Crippen LogP contribution >= 0.6 is 0 Å². The number of carbonyl (C=O) groups is 1. The van der Waals surface area contributed by atoms with Crippen molar-refractivity contribution < 1.29 is 15.0 Å². The van der Waals surface area contributed by atoms with Crippen molar-refractivity contribution in [3.63, 3.8) is 0 Å². The zero-order chi connectivity index (χ0) is 9.68. The number of phenols is 2. The first kappa shape index (κ1) is 9.58. The molecule has 1 aromatic carbocycles. The van der Waals surface area contributed by atoms with E-state index in [1.807, 2.05) is 0 Å². The van der Waals surface area contributed by atoms with Crippen LogP contribution in [0, 0.1) is 0 Å². The van der Waals surface area contributed by atoms with Gasteiger partial charge in [-0.05, 0) is 24.5 Å². The van der Waals surface area contributed by atoms with Gasteiger partial charge < -0.3 is 15.0 Å². The normalized spacial score (nSPS) is 9.85. The number of carbonyl (C=O) groups excluding carboxylic acids is 1. The molecule has 0 aliphatic heterocycles. The molecular weight excluding hydrogens is 168 g/mol. The standard InChI is InChI=1S/C10H12O3/c11-7-2-1-4-8-5-3-6-9(12)10(8)13/h3,5-7,12-13H,1-2,4H2. The molecule has 0 bridgehead atoms. The number of aromatic hydroxyl groups is 2. The molecule has 0 amide bonds. The topological polar surface area (TPSA) is 57.5 Å². The minimum absolute atomic E-state index is 0.0756. The van der Waals surface area contributed by atoms with Crippen molar-refractivity contribution in [2.24, 2.45) is 0 Å². The summed E-state index contributed by atoms with van der Waals surface area (Å²) in [5.74, 6) is -0.183. The Morgan fingerprint density at radius 1 is 1.31 bits per heavy atom. The van der Waals surface area contributed by atoms with Gasteiger partial charge in [-0.3, -0.25) is 0 Å². The van der Waals surface area contributed by atoms with Gasteiger partial charge in [0.25, 0.3) is 0 Å². The summed E-state index contributed by atoms with van der Waals surface area (Å²) in [4.78, 5) is 10.0. The van der Waals surface area contributed by atoms with E-state index < -0.39 is 0 Å². The van der Waals surface area contributed by atoms with E-state index in [0.717, 1.165) is 6.29 Å². The van der Waals surface area contributed by atoms with Gasteiger partial charge in [0.2, 0.25) is 0 Å². The molecule has 0 heterocycles. The minimum atomic E-state index is -0.108. The van der Waals surface area contributed by atoms with Gasteiger partial charge in [0, 0.05) is 6.42 Å². The maximum atomic E-state index is 10.0. The fourth-order valence-corrected chi connectivity index (χ4v) is 1.16. The summed E-state index contributed by atoms with van der Waals surface area (Å²) in [7, 11) is 0. The highest BCUT2D eigenvalue weighted by molar-refractivity contribution is 5.49. The number of hydrogen-bond donors (Lipinski definition) is 2. The van der Waals surface area contributed by atoms with Crippen molar-refractivity contribution in [2.45, 2.75) is 19.3 Å². The highest BCUT2D eigenvalue weighted by Crippen LogP contribution is 2.28. The summed E-state index contributed by atoms with van der Waals surface area (Å²) in [5, 5.41) is 18.5. The third kappa shape index (κ3) is 2.47. The maximum Gasteiger partial charge on any atom is 0.160 e. The summed E-state index contributed by atoms with van der Waals surface area (Å²) in [6.07, 6.45) is 2.63. The predicted molar refractivity (Wildman–Crippen MR) is 48.8 cm³/mol. The average molecular weight is 180 g/mol. The Morgan fingerprint density at radius 3 is 2.77 bits per heavy atom. The first-order valence-electron chi connectivity index (χ1n) is 4.19. The summed E-state index contributed by atoms with van der Waals surface area (Å²) in [5.41, 5.74) is 0.682. The number of rotatable bonds is 4. The molecule has 0 aliphatic carbocycles. The zero-order valence-corrected chi connectivity index (χ0v) is 7.23. The van der Waals surface area contributed by atoms with E-state index in [9.17, 15) is 9.90 Å². The molecule has 0 unspecified atom stereocenters. The SMILES string of the molecule is O=CCCCc1cccc(O)c1O. The number of unbranched alkanes of at least 4 members (excludes halogenated alkanes) is 1. The highest BCUT2D eigenvalue weighted by atomic mass is 16.3. The van der Waals surface area contributed by atoms with Crippen molar-refractivity contribution in [2.75, 3.05) is 0 Å². The van der Waals surface area contributed by atoms with Crippen LogP contribution in [-0.2, 0) is 11.2 Å². The van der Waals surface area contributed by atoms with Crippen molar-refractivity contribution in [1.29, 1.82) is 0 Å². The van der Waals surface area contributed by atoms with Gasteiger partial charge in [0.05, 0.1) is 0 Å². The van der Waals surface area contributed by atoms with Crippen LogP contribution < -0.4 is 0 Å². The zero-order valence-electron chi connectivity index (χ0n) is 7.23. The highest BCUT2D eigenvalue weighted by Gasteiger charge is 2.04. The Kier molecular flexibility index (Phi) is 3.31. The predicted octanol–water partition coefficient (Wildman–Crippen LogP) is 1.62. The maximum absolute atomic E-state index is 10.0. The monoisotopic (exact) mass is 180 g/mol. The van der Waals surface area contributed by atoms with E-state index in [1.165, 1.54) is 6.07 Å². The molecule has 0 spiro atoms. The van der Waals surface area contributed by atoms with E-state index in [2.05, 4.69) is 0 Å². The molecule has 0 saturated heterocycles. The second-order valence-electron chi connectivity index (χ2n) is 2.84. The van der Waals surface area contributed by atoms with Gasteiger partial charge in [-0.15, -0.1) is 0 Å². The van der Waals surface area contributed by atoms with Crippen LogP contribution in [0.15, 0.2) is 18.2 Å². The Bertz CT molecular complexity index is 294. The van der Waals surface area contributed by atoms with Gasteiger partial charge in [-0.25, -0.2) is 0 Å². The van der Waals surface area contributed by atoms with Crippen LogP contribution in [0.2, 0.25) is 0 Å². The lowest BCUT2D eigenvalue weighted by molar-refractivity contribution is -0.107. The molecular formula is C10H12O3. The van der Waals surface area contributed by atoms with Crippen molar-refractivity contribution in [3.05, 3.63) is 23.8 Å². The lowest BCUT2D eigenvalue weighted by atomic mass is 10.1. The average Bonchev–Trinajstić information content (AvgIpc) is 2.13. The quantitative estimate of drug-likeness (QED) is 0.420. The lowest BCUT2D eigenvalue weighted by Crippen LogP contribution is -1.87. The summed E-state index contributed by atoms with van der Waals surface area (Å²) in [6.45, 7) is 0. The van der Waals surface area contributed by atoms with Gasteiger partial charge in [-0.2, -0.15) is 0 Å². The molecule has 0 atom stereocenters. The lowest BCUT2D eigenvalue weighted by Gasteiger charge is -2.03. The molecule has 0 aliphatic rings. The molecule has 1 aromatic rings. The van der Waals surface area contributed by atoms with E-state index in [4.69, 9.17) is 5.11 Å². The van der Waals surface area contributed by atoms with Gasteiger partial charge in [0.1, 0.15) is 6.29 Å². The number of benzene rings is 1. The summed E-state index contributed by atoms with van der Waals surface area (Å²) < 4.78 is 0. The van der Waals surface area contributed by atoms with Gasteiger partial charge in [-0.1, -0.05) is 12.1 Å². The van der Waals surface area contributed by atoms with E-state index >= 15 is 0 Å². The second kappa shape index (κ2) is 4.50. The van der Waals surface area contributed by atoms with E-state index in [0.29, 0.717) is 24.8 Å². The smallest absolute Gasteiger partial charge is 0.160 e. The fourth-order valence-electron chi connectivity index (χ4n) is 1.16. The van der Waals surface area contributed by atoms with E-state index in [1.54, 1.807) is 12.1 Å². The largest absolute Gasteiger partial charge is 0.504 e. The third-order valence-electron chi connectivity index (χ3n) is 1.87. The van der Waals surface area contributed by atoms with Crippen molar-refractivity contribution >= 4 is 6.29 Å². The van der Waals surface area contributed by atoms with Crippen LogP contribution in [0.3, 0.4) is 0 Å². The van der Waals surface area contributed by atoms with Crippen molar-refractivity contribution in [3.8, 4) is 11.5 Å². The molecule has 0 aromatic heterocycles. The number of para-hydroxylation sites is 1. The number of phenolic OH excluding ortho intramolecular Hbond substituents is 2. The third-order valence-corrected chi connectivity index (χ3v) is 1.87. The van der Waals surface area contributed by atoms with Crippen LogP contribution in [-0.4, -0.2) is 16.5 Å². The number of aryl methyl sites for hydroxylation is 1. The molecule has 3 nitrogen and oxygen atoms in total. The Morgan fingerprint density at radius 2 is 2.08 bits per heavy atom. The molecule has 0 radical (unpaired) electrons. The number of hydrogen-bond acceptors (Lipinski definition) is 3. The second-order valence-corrected chi connectivity index (χ2v) is 2.84. The molecule has 13 heavy (non-hydrogen) atoms. The molecule has 2 N–H and O–H groups in total. The van der Waals surface area contributed by atoms with E-state index in [-0.39, 0.29) is 11.5 Å². The Hall–Kier alpha value is -1.51. The van der Waals surface area contributed by atoms with Crippen LogP contribution in [0.4, 0.5) is 0 Å². The summed E-state index contributed by atoms with van der Waals surface area (Å²) >= 11 is 0. The Labute approximate surface area is 76.6 Å². The molecule has 3 heteroatoms. The molecule has 1 rings (SSSR count). The van der Waals surface area contributed by atoms with Gasteiger partial charge in [0.15, 0.2) is 11.5 Å². The first-order chi connectivity index (χ1) is 6.25. The minimum Gasteiger partial charge on any atom is -0.504 e. The van der Waals surface area contributed by atoms with Crippen LogP contribution in [0.1, 0.15) is 18.4 Å².